The Kier molecular flexibility index (Phi) is 8.36. The molecule has 0 radical (unpaired) electrons. The molecule has 1 saturated heterocycles. The maximum absolute atomic E-state index is 11.8. The molecular weight excluding hydrogens is 338 g/mol. The summed E-state index contributed by atoms with van der Waals surface area (Å²) in [6.45, 7) is 2.45. The summed E-state index contributed by atoms with van der Waals surface area (Å²) >= 11 is 0. The zero-order valence-corrected chi connectivity index (χ0v) is 14.0. The Bertz CT molecular complexity index is 604. The van der Waals surface area contributed by atoms with Gasteiger partial charge in [-0.3, -0.25) is 14.7 Å². The van der Waals surface area contributed by atoms with Crippen LogP contribution in [-0.4, -0.2) is 67.2 Å². The number of hydrogen-bond acceptors (Lipinski definition) is 6. The molecule has 0 saturated carbocycles. The molecule has 1 aromatic rings. The second-order valence-corrected chi connectivity index (χ2v) is 7.10. The summed E-state index contributed by atoms with van der Waals surface area (Å²) in [5, 5.41) is 13.0. The number of aromatic nitrogens is 2. The van der Waals surface area contributed by atoms with Crippen LogP contribution in [-0.2, 0) is 19.6 Å². The fourth-order valence-corrected chi connectivity index (χ4v) is 3.45. The maximum Gasteiger partial charge on any atom is 0.290 e. The van der Waals surface area contributed by atoms with Crippen molar-refractivity contribution in [2.75, 3.05) is 26.2 Å². The SMILES string of the molecule is NC(=O)C1CCCN(CCCNS(=O)(=O)c2cn[nH]c2)C1.O=CO. The first-order valence-corrected chi connectivity index (χ1v) is 8.97. The van der Waals surface area contributed by atoms with Gasteiger partial charge in [0.1, 0.15) is 4.90 Å². The Balaban J connectivity index is 0.000000891. The number of carboxylic acid groups (broad SMARTS) is 1. The average Bonchev–Trinajstić information content (AvgIpc) is 3.08. The van der Waals surface area contributed by atoms with Gasteiger partial charge in [0.15, 0.2) is 0 Å². The number of likely N-dealkylation sites (tertiary alicyclic amines) is 1. The van der Waals surface area contributed by atoms with Crippen molar-refractivity contribution in [2.45, 2.75) is 24.2 Å². The number of nitrogens with two attached hydrogens (primary N) is 1. The van der Waals surface area contributed by atoms with Crippen LogP contribution in [0.4, 0.5) is 0 Å². The van der Waals surface area contributed by atoms with Crippen LogP contribution in [0.3, 0.4) is 0 Å². The predicted octanol–water partition coefficient (Wildman–Crippen LogP) is -1.02. The van der Waals surface area contributed by atoms with Gasteiger partial charge in [0.25, 0.3) is 6.47 Å². The first-order valence-electron chi connectivity index (χ1n) is 7.48. The molecule has 2 heterocycles. The molecule has 1 unspecified atom stereocenters. The van der Waals surface area contributed by atoms with Crippen LogP contribution in [0.2, 0.25) is 0 Å². The van der Waals surface area contributed by atoms with E-state index in [-0.39, 0.29) is 23.2 Å². The van der Waals surface area contributed by atoms with Crippen molar-refractivity contribution < 1.29 is 23.1 Å². The highest BCUT2D eigenvalue weighted by Crippen LogP contribution is 2.16. The second-order valence-electron chi connectivity index (χ2n) is 5.33. The van der Waals surface area contributed by atoms with Crippen molar-refractivity contribution in [2.24, 2.45) is 11.7 Å². The minimum Gasteiger partial charge on any atom is -0.483 e. The first-order chi connectivity index (χ1) is 11.4. The number of hydrogen-bond donors (Lipinski definition) is 4. The summed E-state index contributed by atoms with van der Waals surface area (Å²) < 4.78 is 26.2. The smallest absolute Gasteiger partial charge is 0.290 e. The quantitative estimate of drug-likeness (QED) is 0.357. The van der Waals surface area contributed by atoms with E-state index in [0.717, 1.165) is 25.9 Å². The number of rotatable bonds is 7. The molecule has 11 heteroatoms. The molecule has 1 aliphatic rings. The summed E-state index contributed by atoms with van der Waals surface area (Å²) in [4.78, 5) is 21.8. The minimum absolute atomic E-state index is 0.0821. The zero-order chi connectivity index (χ0) is 18.0. The largest absolute Gasteiger partial charge is 0.483 e. The van der Waals surface area contributed by atoms with Crippen molar-refractivity contribution in [3.8, 4) is 0 Å². The number of carbonyl (C=O) groups is 2. The standard InChI is InChI=1S/C12H21N5O3S.CH2O2/c13-12(18)10-3-1-5-17(9-10)6-2-4-16-21(19,20)11-7-14-15-8-11;2-1-3/h7-8,10,16H,1-6,9H2,(H2,13,18)(H,14,15);1H,(H,2,3). The number of sulfonamides is 1. The lowest BCUT2D eigenvalue weighted by Crippen LogP contribution is -2.42. The lowest BCUT2D eigenvalue weighted by Gasteiger charge is -2.31. The molecule has 1 aliphatic heterocycles. The Morgan fingerprint density at radius 2 is 2.29 bits per heavy atom. The number of H-pyrrole nitrogens is 1. The molecule has 0 bridgehead atoms. The van der Waals surface area contributed by atoms with Crippen LogP contribution < -0.4 is 10.5 Å². The molecule has 24 heavy (non-hydrogen) atoms. The Labute approximate surface area is 140 Å². The van der Waals surface area contributed by atoms with E-state index in [9.17, 15) is 13.2 Å². The number of amides is 1. The number of aromatic amines is 1. The molecule has 136 valence electrons. The topological polar surface area (TPSA) is 158 Å². The molecule has 5 N–H and O–H groups in total. The number of carbonyl (C=O) groups excluding carboxylic acids is 1. The van der Waals surface area contributed by atoms with E-state index >= 15 is 0 Å². The van der Waals surface area contributed by atoms with E-state index < -0.39 is 10.0 Å². The van der Waals surface area contributed by atoms with Gasteiger partial charge in [-0.05, 0) is 32.4 Å². The molecule has 0 aromatic carbocycles. The van der Waals surface area contributed by atoms with Crippen molar-refractivity contribution in [3.63, 3.8) is 0 Å². The van der Waals surface area contributed by atoms with Crippen molar-refractivity contribution in [1.29, 1.82) is 0 Å². The van der Waals surface area contributed by atoms with Gasteiger partial charge in [-0.15, -0.1) is 0 Å². The lowest BCUT2D eigenvalue weighted by atomic mass is 9.97. The fourth-order valence-electron chi connectivity index (χ4n) is 2.47. The number of primary amides is 1. The Hall–Kier alpha value is -1.98. The first kappa shape index (κ1) is 20.1. The molecule has 1 amide bonds. The number of nitrogens with zero attached hydrogens (tertiary/aromatic N) is 2. The van der Waals surface area contributed by atoms with Gasteiger partial charge in [0.2, 0.25) is 15.9 Å². The van der Waals surface area contributed by atoms with Gasteiger partial charge in [-0.2, -0.15) is 5.10 Å². The van der Waals surface area contributed by atoms with Gasteiger partial charge < -0.3 is 15.7 Å². The highest BCUT2D eigenvalue weighted by molar-refractivity contribution is 7.89. The minimum atomic E-state index is -3.48. The molecule has 10 nitrogen and oxygen atoms in total. The molecule has 2 rings (SSSR count). The molecule has 0 spiro atoms. The Morgan fingerprint density at radius 1 is 1.58 bits per heavy atom. The summed E-state index contributed by atoms with van der Waals surface area (Å²) in [5.41, 5.74) is 5.33. The predicted molar refractivity (Wildman–Crippen MR) is 85.4 cm³/mol. The van der Waals surface area contributed by atoms with Crippen LogP contribution in [0.5, 0.6) is 0 Å². The zero-order valence-electron chi connectivity index (χ0n) is 13.2. The highest BCUT2D eigenvalue weighted by Gasteiger charge is 2.23. The molecule has 1 atom stereocenters. The van der Waals surface area contributed by atoms with Crippen molar-refractivity contribution in [3.05, 3.63) is 12.4 Å². The van der Waals surface area contributed by atoms with Crippen molar-refractivity contribution in [1.82, 2.24) is 19.8 Å². The van der Waals surface area contributed by atoms with Gasteiger partial charge >= 0.3 is 0 Å². The summed E-state index contributed by atoms with van der Waals surface area (Å²) in [6, 6.07) is 0. The summed E-state index contributed by atoms with van der Waals surface area (Å²) in [5.74, 6) is -0.332. The van der Waals surface area contributed by atoms with Crippen LogP contribution in [0.15, 0.2) is 17.3 Å². The van der Waals surface area contributed by atoms with Gasteiger partial charge in [0.05, 0.1) is 12.1 Å². The third-order valence-corrected chi connectivity index (χ3v) is 5.06. The van der Waals surface area contributed by atoms with E-state index in [4.69, 9.17) is 15.6 Å². The fraction of sp³-hybridized carbons (Fsp3) is 0.615. The van der Waals surface area contributed by atoms with E-state index in [0.29, 0.717) is 19.5 Å². The number of piperidine rings is 1. The molecular formula is C13H23N5O5S. The van der Waals surface area contributed by atoms with E-state index in [2.05, 4.69) is 19.8 Å². The average molecular weight is 361 g/mol. The van der Waals surface area contributed by atoms with Crippen LogP contribution >= 0.6 is 0 Å². The third-order valence-electron chi connectivity index (χ3n) is 3.63. The second kappa shape index (κ2) is 10.0. The van der Waals surface area contributed by atoms with Crippen LogP contribution in [0, 0.1) is 5.92 Å². The van der Waals surface area contributed by atoms with Crippen molar-refractivity contribution >= 4 is 22.4 Å². The van der Waals surface area contributed by atoms with E-state index in [1.807, 2.05) is 0 Å². The summed E-state index contributed by atoms with van der Waals surface area (Å²) in [6.07, 6.45) is 5.09. The number of nitrogens with one attached hydrogen (secondary N) is 2. The van der Waals surface area contributed by atoms with Gasteiger partial charge in [0, 0.05) is 19.3 Å². The van der Waals surface area contributed by atoms with Gasteiger partial charge in [-0.1, -0.05) is 0 Å². The monoisotopic (exact) mass is 361 g/mol. The molecule has 1 fully saturated rings. The normalized spacial score (nSPS) is 18.4. The highest BCUT2D eigenvalue weighted by atomic mass is 32.2. The summed E-state index contributed by atoms with van der Waals surface area (Å²) in [7, 11) is -3.48. The molecule has 1 aromatic heterocycles. The van der Waals surface area contributed by atoms with Crippen LogP contribution in [0.25, 0.3) is 0 Å². The van der Waals surface area contributed by atoms with Crippen LogP contribution in [0.1, 0.15) is 19.3 Å². The third kappa shape index (κ3) is 6.64. The van der Waals surface area contributed by atoms with E-state index in [1.54, 1.807) is 0 Å². The van der Waals surface area contributed by atoms with E-state index in [1.165, 1.54) is 12.4 Å². The van der Waals surface area contributed by atoms with Gasteiger partial charge in [-0.25, -0.2) is 13.1 Å². The molecule has 0 aliphatic carbocycles. The maximum atomic E-state index is 11.8. The lowest BCUT2D eigenvalue weighted by molar-refractivity contribution is -0.124. The Morgan fingerprint density at radius 3 is 2.88 bits per heavy atom.